The van der Waals surface area contributed by atoms with E-state index >= 15 is 0 Å². The van der Waals surface area contributed by atoms with Crippen LogP contribution in [-0.2, 0) is 11.2 Å². The van der Waals surface area contributed by atoms with Crippen LogP contribution < -0.4 is 0 Å². The lowest BCUT2D eigenvalue weighted by Gasteiger charge is -2.62. The zero-order chi connectivity index (χ0) is 23.6. The van der Waals surface area contributed by atoms with Crippen molar-refractivity contribution in [2.24, 2.45) is 46.3 Å². The molecule has 1 aromatic heterocycles. The minimum atomic E-state index is 0.546. The molecular formula is C32H46N2O. The maximum Gasteiger partial charge on any atom is 0.0594 e. The van der Waals surface area contributed by atoms with Crippen molar-refractivity contribution in [2.45, 2.75) is 84.1 Å². The third-order valence-electron chi connectivity index (χ3n) is 12.7. The Hall–Kier alpha value is -1.19. The number of fused-ring (bicyclic) bond motifs is 6. The van der Waals surface area contributed by atoms with Gasteiger partial charge in [0.05, 0.1) is 13.2 Å². The van der Waals surface area contributed by atoms with E-state index in [1.807, 2.05) is 6.20 Å². The summed E-state index contributed by atoms with van der Waals surface area (Å²) in [5.74, 6) is 5.47. The van der Waals surface area contributed by atoms with Gasteiger partial charge in [-0.2, -0.15) is 0 Å². The maximum atomic E-state index is 5.66. The minimum Gasteiger partial charge on any atom is -0.379 e. The van der Waals surface area contributed by atoms with Crippen molar-refractivity contribution in [3.63, 3.8) is 0 Å². The first-order valence-electron chi connectivity index (χ1n) is 15.0. The van der Waals surface area contributed by atoms with E-state index in [4.69, 9.17) is 4.74 Å². The fraction of sp³-hybridized carbons (Fsp3) is 0.781. The van der Waals surface area contributed by atoms with Crippen LogP contribution in [0.25, 0.3) is 6.08 Å². The quantitative estimate of drug-likeness (QED) is 0.481. The van der Waals surface area contributed by atoms with E-state index in [0.717, 1.165) is 61.9 Å². The van der Waals surface area contributed by atoms with Crippen molar-refractivity contribution in [3.05, 3.63) is 35.7 Å². The Kier molecular flexibility index (Phi) is 5.70. The molecule has 190 valence electrons. The Labute approximate surface area is 213 Å². The highest BCUT2D eigenvalue weighted by Crippen LogP contribution is 2.68. The largest absolute Gasteiger partial charge is 0.379 e. The van der Waals surface area contributed by atoms with Crippen LogP contribution in [0.2, 0.25) is 0 Å². The number of hydrogen-bond donors (Lipinski definition) is 0. The third kappa shape index (κ3) is 3.62. The molecular weight excluding hydrogens is 428 g/mol. The fourth-order valence-electron chi connectivity index (χ4n) is 10.9. The Morgan fingerprint density at radius 3 is 2.60 bits per heavy atom. The molecule has 35 heavy (non-hydrogen) atoms. The van der Waals surface area contributed by atoms with Crippen molar-refractivity contribution in [1.82, 2.24) is 9.88 Å². The molecule has 1 aromatic rings. The first-order chi connectivity index (χ1) is 17.1. The molecule has 1 unspecified atom stereocenters. The Balaban J connectivity index is 1.08. The lowest BCUT2D eigenvalue weighted by Crippen LogP contribution is -2.56. The number of pyridine rings is 1. The first-order valence-corrected chi connectivity index (χ1v) is 15.0. The summed E-state index contributed by atoms with van der Waals surface area (Å²) < 4.78 is 5.66. The molecule has 0 aromatic carbocycles. The van der Waals surface area contributed by atoms with E-state index in [1.165, 1.54) is 75.3 Å². The zero-order valence-corrected chi connectivity index (χ0v) is 22.1. The van der Waals surface area contributed by atoms with Crippen molar-refractivity contribution >= 4 is 6.08 Å². The van der Waals surface area contributed by atoms with Crippen LogP contribution >= 0.6 is 0 Å². The fourth-order valence-corrected chi connectivity index (χ4v) is 10.9. The molecule has 0 amide bonds. The van der Waals surface area contributed by atoms with Crippen molar-refractivity contribution in [1.29, 1.82) is 0 Å². The predicted molar refractivity (Wildman–Crippen MR) is 142 cm³/mol. The van der Waals surface area contributed by atoms with Crippen LogP contribution in [0.4, 0.5) is 0 Å². The smallest absolute Gasteiger partial charge is 0.0594 e. The normalized spacial score (nSPS) is 47.4. The van der Waals surface area contributed by atoms with Crippen LogP contribution in [0.3, 0.4) is 0 Å². The molecule has 1 saturated heterocycles. The summed E-state index contributed by atoms with van der Waals surface area (Å²) >= 11 is 0. The predicted octanol–water partition coefficient (Wildman–Crippen LogP) is 6.63. The molecule has 5 aliphatic carbocycles. The molecule has 0 radical (unpaired) electrons. The topological polar surface area (TPSA) is 25.4 Å². The van der Waals surface area contributed by atoms with E-state index in [1.54, 1.807) is 0 Å². The van der Waals surface area contributed by atoms with Gasteiger partial charge in [-0.1, -0.05) is 26.0 Å². The summed E-state index contributed by atoms with van der Waals surface area (Å²) in [4.78, 5) is 7.23. The number of morpholine rings is 1. The lowest BCUT2D eigenvalue weighted by atomic mass is 9.44. The molecule has 2 heterocycles. The van der Waals surface area contributed by atoms with Crippen LogP contribution in [0.15, 0.2) is 24.5 Å². The Bertz CT molecular complexity index is 968. The average molecular weight is 475 g/mol. The van der Waals surface area contributed by atoms with Crippen molar-refractivity contribution < 1.29 is 4.74 Å². The minimum absolute atomic E-state index is 0.546. The summed E-state index contributed by atoms with van der Waals surface area (Å²) in [6.07, 6.45) is 23.6. The van der Waals surface area contributed by atoms with E-state index in [9.17, 15) is 0 Å². The lowest BCUT2D eigenvalue weighted by molar-refractivity contribution is -0.126. The van der Waals surface area contributed by atoms with E-state index < -0.39 is 0 Å². The van der Waals surface area contributed by atoms with Crippen molar-refractivity contribution in [2.75, 3.05) is 26.3 Å². The SMILES string of the molecule is C[C@]12CC[C@@H](N3CCOCC3)C[C@@H]1CC[C@@H]1[C@@H]2CC[C@]2(C)[C@@H](C3C=Cc4ccncc4C3)CC[C@@H]12. The molecule has 6 aliphatic rings. The highest BCUT2D eigenvalue weighted by Gasteiger charge is 2.61. The summed E-state index contributed by atoms with van der Waals surface area (Å²) in [5.41, 5.74) is 4.02. The van der Waals surface area contributed by atoms with Crippen LogP contribution in [0, 0.1) is 46.3 Å². The second-order valence-electron chi connectivity index (χ2n) is 13.8. The molecule has 5 fully saturated rings. The average Bonchev–Trinajstić information content (AvgIpc) is 3.25. The molecule has 0 spiro atoms. The summed E-state index contributed by atoms with van der Waals surface area (Å²) in [5, 5.41) is 0. The van der Waals surface area contributed by atoms with E-state index in [0.29, 0.717) is 16.7 Å². The molecule has 0 bridgehead atoms. The third-order valence-corrected chi connectivity index (χ3v) is 12.7. The van der Waals surface area contributed by atoms with E-state index in [-0.39, 0.29) is 0 Å². The van der Waals surface area contributed by atoms with Gasteiger partial charge >= 0.3 is 0 Å². The van der Waals surface area contributed by atoms with Gasteiger partial charge in [-0.05, 0) is 128 Å². The molecule has 7 rings (SSSR count). The highest BCUT2D eigenvalue weighted by molar-refractivity contribution is 5.56. The molecule has 3 heteroatoms. The number of ether oxygens (including phenoxy) is 1. The second-order valence-corrected chi connectivity index (χ2v) is 13.8. The van der Waals surface area contributed by atoms with Crippen LogP contribution in [0.1, 0.15) is 82.8 Å². The number of rotatable bonds is 2. The maximum absolute atomic E-state index is 5.66. The molecule has 0 N–H and O–H groups in total. The first kappa shape index (κ1) is 23.0. The van der Waals surface area contributed by atoms with Gasteiger partial charge in [-0.15, -0.1) is 0 Å². The molecule has 9 atom stereocenters. The molecule has 3 nitrogen and oxygen atoms in total. The molecule has 4 saturated carbocycles. The van der Waals surface area contributed by atoms with Crippen LogP contribution in [0.5, 0.6) is 0 Å². The highest BCUT2D eigenvalue weighted by atomic mass is 16.5. The molecule has 1 aliphatic heterocycles. The van der Waals surface area contributed by atoms with Gasteiger partial charge < -0.3 is 4.74 Å². The Morgan fingerprint density at radius 1 is 0.914 bits per heavy atom. The van der Waals surface area contributed by atoms with Gasteiger partial charge in [0, 0.05) is 31.5 Å². The van der Waals surface area contributed by atoms with Crippen LogP contribution in [-0.4, -0.2) is 42.2 Å². The van der Waals surface area contributed by atoms with Gasteiger partial charge in [0.1, 0.15) is 0 Å². The number of allylic oxidation sites excluding steroid dienone is 1. The monoisotopic (exact) mass is 474 g/mol. The summed E-state index contributed by atoms with van der Waals surface area (Å²) in [7, 11) is 0. The van der Waals surface area contributed by atoms with Gasteiger partial charge in [0.15, 0.2) is 0 Å². The number of nitrogens with zero attached hydrogens (tertiary/aromatic N) is 2. The summed E-state index contributed by atoms with van der Waals surface area (Å²) in [6.45, 7) is 9.69. The summed E-state index contributed by atoms with van der Waals surface area (Å²) in [6, 6.07) is 3.02. The van der Waals surface area contributed by atoms with Gasteiger partial charge in [0.25, 0.3) is 0 Å². The Morgan fingerprint density at radius 2 is 1.71 bits per heavy atom. The van der Waals surface area contributed by atoms with Gasteiger partial charge in [0.2, 0.25) is 0 Å². The standard InChI is InChI=1S/C32H46N2O/c1-31-12-9-26(34-15-17-35-18-16-34)20-25(31)5-6-27-29-8-7-28(32(29,2)13-10-30(27)31)23-4-3-22-11-14-33-21-24(22)19-23/h3-4,11,14,21,23,25-30H,5-10,12-13,15-20H2,1-2H3/t23?,25-,26+,27-,28+,29-,30-,31-,32+/m0/s1. The second kappa shape index (κ2) is 8.69. The van der Waals surface area contributed by atoms with Crippen molar-refractivity contribution in [3.8, 4) is 0 Å². The zero-order valence-electron chi connectivity index (χ0n) is 22.1. The van der Waals surface area contributed by atoms with E-state index in [2.05, 4.69) is 48.1 Å². The number of hydrogen-bond acceptors (Lipinski definition) is 3. The van der Waals surface area contributed by atoms with Gasteiger partial charge in [-0.25, -0.2) is 0 Å². The van der Waals surface area contributed by atoms with Gasteiger partial charge in [-0.3, -0.25) is 9.88 Å². The number of aromatic nitrogens is 1.